The Morgan fingerprint density at radius 2 is 1.61 bits per heavy atom. The minimum atomic E-state index is -0.203. The van der Waals surface area contributed by atoms with Gasteiger partial charge in [0.15, 0.2) is 0 Å². The molecule has 0 aliphatic carbocycles. The van der Waals surface area contributed by atoms with Gasteiger partial charge in [-0.1, -0.05) is 54.6 Å². The molecular formula is C22H17N5O. The lowest BCUT2D eigenvalue weighted by Gasteiger charge is -2.10. The third kappa shape index (κ3) is 3.01. The van der Waals surface area contributed by atoms with Crippen LogP contribution in [0.2, 0.25) is 0 Å². The van der Waals surface area contributed by atoms with Crippen molar-refractivity contribution < 1.29 is 0 Å². The molecule has 5 rings (SSSR count). The van der Waals surface area contributed by atoms with Crippen LogP contribution in [0, 0.1) is 0 Å². The molecule has 0 fully saturated rings. The van der Waals surface area contributed by atoms with Crippen molar-refractivity contribution in [3.05, 3.63) is 88.8 Å². The smallest absolute Gasteiger partial charge is 0.323 e. The average molecular weight is 367 g/mol. The molecule has 0 saturated heterocycles. The van der Waals surface area contributed by atoms with Crippen LogP contribution in [0.5, 0.6) is 0 Å². The lowest BCUT2D eigenvalue weighted by Crippen LogP contribution is -2.05. The van der Waals surface area contributed by atoms with Crippen molar-refractivity contribution in [1.82, 2.24) is 19.9 Å². The number of aromatic nitrogens is 4. The number of nitrogens with zero attached hydrogens (tertiary/aromatic N) is 2. The molecule has 0 spiro atoms. The van der Waals surface area contributed by atoms with E-state index in [1.165, 1.54) is 0 Å². The van der Waals surface area contributed by atoms with Gasteiger partial charge in [0.05, 0.1) is 22.2 Å². The molecule has 0 radical (unpaired) electrons. The second kappa shape index (κ2) is 6.66. The second-order valence-corrected chi connectivity index (χ2v) is 6.59. The van der Waals surface area contributed by atoms with E-state index < -0.39 is 0 Å². The monoisotopic (exact) mass is 367 g/mol. The van der Waals surface area contributed by atoms with Gasteiger partial charge in [-0.05, 0) is 23.8 Å². The number of hydrogen-bond donors (Lipinski definition) is 3. The summed E-state index contributed by atoms with van der Waals surface area (Å²) in [6.45, 7) is 0.551. The summed E-state index contributed by atoms with van der Waals surface area (Å²) in [6.07, 6.45) is 0. The lowest BCUT2D eigenvalue weighted by atomic mass is 10.1. The zero-order chi connectivity index (χ0) is 18.9. The van der Waals surface area contributed by atoms with Crippen molar-refractivity contribution in [2.24, 2.45) is 0 Å². The van der Waals surface area contributed by atoms with E-state index in [0.717, 1.165) is 38.8 Å². The van der Waals surface area contributed by atoms with E-state index in [4.69, 9.17) is 4.98 Å². The van der Waals surface area contributed by atoms with Gasteiger partial charge in [0.1, 0.15) is 0 Å². The van der Waals surface area contributed by atoms with Crippen molar-refractivity contribution in [2.75, 3.05) is 5.32 Å². The fraction of sp³-hybridized carbons (Fsp3) is 0.0455. The highest BCUT2D eigenvalue weighted by Gasteiger charge is 2.09. The lowest BCUT2D eigenvalue weighted by molar-refractivity contribution is 1.08. The Balaban J connectivity index is 1.50. The summed E-state index contributed by atoms with van der Waals surface area (Å²) in [5.41, 5.74) is 5.25. The van der Waals surface area contributed by atoms with Gasteiger partial charge in [0, 0.05) is 17.5 Å². The number of imidazole rings is 1. The van der Waals surface area contributed by atoms with Gasteiger partial charge < -0.3 is 15.3 Å². The van der Waals surface area contributed by atoms with E-state index in [9.17, 15) is 4.79 Å². The second-order valence-electron chi connectivity index (χ2n) is 6.59. The van der Waals surface area contributed by atoms with Crippen molar-refractivity contribution in [2.45, 2.75) is 6.54 Å². The maximum absolute atomic E-state index is 11.4. The molecule has 0 amide bonds. The molecule has 0 saturated carbocycles. The fourth-order valence-corrected chi connectivity index (χ4v) is 3.34. The van der Waals surface area contributed by atoms with Crippen LogP contribution in [0.1, 0.15) is 5.56 Å². The zero-order valence-electron chi connectivity index (χ0n) is 14.9. The normalized spacial score (nSPS) is 11.1. The molecule has 136 valence electrons. The minimum Gasteiger partial charge on any atom is -0.350 e. The van der Waals surface area contributed by atoms with Crippen LogP contribution in [-0.4, -0.2) is 19.9 Å². The van der Waals surface area contributed by atoms with Gasteiger partial charge in [0.2, 0.25) is 5.95 Å². The van der Waals surface area contributed by atoms with Crippen LogP contribution in [0.15, 0.2) is 77.6 Å². The van der Waals surface area contributed by atoms with Crippen LogP contribution in [0.25, 0.3) is 33.2 Å². The molecule has 5 aromatic rings. The van der Waals surface area contributed by atoms with E-state index in [1.54, 1.807) is 0 Å². The first-order valence-corrected chi connectivity index (χ1v) is 9.03. The number of aromatic amines is 2. The standard InChI is InChI=1S/C22H17N5O/c28-22-25-18-11-10-14(12-19(18)26-22)13-23-21-24-17-9-5-4-8-16(17)20(27-21)15-6-2-1-3-7-15/h1-12H,13H2,(H,23,24,27)(H2,25,26,28). The third-order valence-corrected chi connectivity index (χ3v) is 4.68. The quantitative estimate of drug-likeness (QED) is 0.447. The van der Waals surface area contributed by atoms with Gasteiger partial charge in [-0.2, -0.15) is 0 Å². The molecule has 28 heavy (non-hydrogen) atoms. The number of para-hydroxylation sites is 1. The maximum Gasteiger partial charge on any atom is 0.323 e. The molecule has 3 aromatic carbocycles. The van der Waals surface area contributed by atoms with Crippen LogP contribution >= 0.6 is 0 Å². The molecular weight excluding hydrogens is 350 g/mol. The van der Waals surface area contributed by atoms with Crippen LogP contribution in [0.4, 0.5) is 5.95 Å². The third-order valence-electron chi connectivity index (χ3n) is 4.68. The molecule has 3 N–H and O–H groups in total. The summed E-state index contributed by atoms with van der Waals surface area (Å²) >= 11 is 0. The topological polar surface area (TPSA) is 86.5 Å². The first-order chi connectivity index (χ1) is 13.8. The van der Waals surface area contributed by atoms with Gasteiger partial charge >= 0.3 is 5.69 Å². The SMILES string of the molecule is O=c1[nH]c2ccc(CNc3nc(-c4ccccc4)c4ccccc4n3)cc2[nH]1. The Kier molecular flexibility index (Phi) is 3.87. The summed E-state index contributed by atoms with van der Waals surface area (Å²) in [7, 11) is 0. The molecule has 6 heteroatoms. The number of fused-ring (bicyclic) bond motifs is 2. The Labute approximate surface area is 160 Å². The van der Waals surface area contributed by atoms with Gasteiger partial charge in [-0.3, -0.25) is 0 Å². The van der Waals surface area contributed by atoms with Gasteiger partial charge in [-0.15, -0.1) is 0 Å². The van der Waals surface area contributed by atoms with Crippen molar-refractivity contribution >= 4 is 27.9 Å². The Bertz CT molecular complexity index is 1340. The molecule has 0 aliphatic heterocycles. The predicted octanol–water partition coefficient (Wildman–Crippen LogP) is 4.08. The fourth-order valence-electron chi connectivity index (χ4n) is 3.34. The maximum atomic E-state index is 11.4. The Morgan fingerprint density at radius 3 is 2.50 bits per heavy atom. The number of rotatable bonds is 4. The summed E-state index contributed by atoms with van der Waals surface area (Å²) in [6, 6.07) is 23.9. The highest BCUT2D eigenvalue weighted by Crippen LogP contribution is 2.27. The van der Waals surface area contributed by atoms with Crippen molar-refractivity contribution in [3.63, 3.8) is 0 Å². The first-order valence-electron chi connectivity index (χ1n) is 9.03. The van der Waals surface area contributed by atoms with E-state index in [-0.39, 0.29) is 5.69 Å². The number of hydrogen-bond acceptors (Lipinski definition) is 4. The van der Waals surface area contributed by atoms with E-state index in [2.05, 4.69) is 32.4 Å². The zero-order valence-corrected chi connectivity index (χ0v) is 14.9. The van der Waals surface area contributed by atoms with E-state index >= 15 is 0 Å². The highest BCUT2D eigenvalue weighted by atomic mass is 16.1. The summed E-state index contributed by atoms with van der Waals surface area (Å²) in [5, 5.41) is 4.33. The largest absolute Gasteiger partial charge is 0.350 e. The number of H-pyrrole nitrogens is 2. The molecule has 0 unspecified atom stereocenters. The van der Waals surface area contributed by atoms with E-state index in [1.807, 2.05) is 60.7 Å². The Morgan fingerprint density at radius 1 is 0.821 bits per heavy atom. The van der Waals surface area contributed by atoms with Gasteiger partial charge in [-0.25, -0.2) is 14.8 Å². The van der Waals surface area contributed by atoms with Crippen molar-refractivity contribution in [3.8, 4) is 11.3 Å². The average Bonchev–Trinajstić information content (AvgIpc) is 3.11. The minimum absolute atomic E-state index is 0.203. The number of nitrogens with one attached hydrogen (secondary N) is 3. The van der Waals surface area contributed by atoms with E-state index in [0.29, 0.717) is 12.5 Å². The number of anilines is 1. The van der Waals surface area contributed by atoms with Gasteiger partial charge in [0.25, 0.3) is 0 Å². The van der Waals surface area contributed by atoms with Crippen LogP contribution < -0.4 is 11.0 Å². The summed E-state index contributed by atoms with van der Waals surface area (Å²) < 4.78 is 0. The molecule has 0 atom stereocenters. The molecule has 0 aliphatic rings. The molecule has 2 heterocycles. The molecule has 6 nitrogen and oxygen atoms in total. The molecule has 0 bridgehead atoms. The first kappa shape index (κ1) is 16.3. The molecule has 2 aromatic heterocycles. The van der Waals surface area contributed by atoms with Crippen LogP contribution in [-0.2, 0) is 6.54 Å². The summed E-state index contributed by atoms with van der Waals surface area (Å²) in [5.74, 6) is 0.570. The Hall–Kier alpha value is -3.93. The summed E-state index contributed by atoms with van der Waals surface area (Å²) in [4.78, 5) is 26.4. The highest BCUT2D eigenvalue weighted by molar-refractivity contribution is 5.93. The number of benzene rings is 3. The van der Waals surface area contributed by atoms with Crippen LogP contribution in [0.3, 0.4) is 0 Å². The predicted molar refractivity (Wildman–Crippen MR) is 111 cm³/mol. The van der Waals surface area contributed by atoms with Crippen molar-refractivity contribution in [1.29, 1.82) is 0 Å².